The number of amides is 2. The molecule has 0 radical (unpaired) electrons. The number of benzene rings is 2. The summed E-state index contributed by atoms with van der Waals surface area (Å²) >= 11 is 0. The molecule has 188 valence electrons. The molecule has 0 spiro atoms. The van der Waals surface area contributed by atoms with Crippen molar-refractivity contribution in [2.24, 2.45) is 0 Å². The summed E-state index contributed by atoms with van der Waals surface area (Å²) in [4.78, 5) is 35.9. The molecule has 2 aromatic carbocycles. The summed E-state index contributed by atoms with van der Waals surface area (Å²) in [6, 6.07) is 19.2. The van der Waals surface area contributed by atoms with Crippen molar-refractivity contribution in [2.45, 2.75) is 26.2 Å². The van der Waals surface area contributed by atoms with Crippen LogP contribution in [0.5, 0.6) is 0 Å². The predicted molar refractivity (Wildman–Crippen MR) is 142 cm³/mol. The minimum absolute atomic E-state index is 0.0135. The van der Waals surface area contributed by atoms with E-state index in [1.807, 2.05) is 48.2 Å². The molecule has 1 atom stereocenters. The molecule has 0 bridgehead atoms. The van der Waals surface area contributed by atoms with Gasteiger partial charge in [0.15, 0.2) is 0 Å². The lowest BCUT2D eigenvalue weighted by Gasteiger charge is -2.26. The first-order valence-corrected chi connectivity index (χ1v) is 12.3. The number of carbonyl (C=O) groups excluding carboxylic acids is 2. The van der Waals surface area contributed by atoms with E-state index in [9.17, 15) is 14.0 Å². The maximum absolute atomic E-state index is 13.3. The average Bonchev–Trinajstić information content (AvgIpc) is 3.28. The van der Waals surface area contributed by atoms with Crippen LogP contribution in [0.4, 0.5) is 21.6 Å². The molecule has 0 saturated carbocycles. The Morgan fingerprint density at radius 1 is 1.14 bits per heavy atom. The molecule has 5 rings (SSSR count). The zero-order chi connectivity index (χ0) is 25.9. The monoisotopic (exact) mass is 497 g/mol. The molecule has 7 nitrogen and oxygen atoms in total. The second-order valence-corrected chi connectivity index (χ2v) is 9.05. The number of rotatable bonds is 7. The number of H-pyrrole nitrogens is 1. The summed E-state index contributed by atoms with van der Waals surface area (Å²) in [5.74, 6) is -0.716. The van der Waals surface area contributed by atoms with E-state index in [1.165, 1.54) is 12.1 Å². The van der Waals surface area contributed by atoms with E-state index in [1.54, 1.807) is 31.3 Å². The van der Waals surface area contributed by atoms with Gasteiger partial charge in [0.25, 0.3) is 5.91 Å². The standard InChI is InChI=1S/C29H28FN5O2/c1-3-35-16-14-23-25(29(35)37)27(32-22-7-5-4-6-8-22)26(33-23)20-13-15-31-24(17-20)34-28(36)18(2)19-9-11-21(30)12-10-19/h4-13,15,17-18,32-33H,3,14,16H2,1-2H3,(H,31,34,36)/t18-/m0/s1. The topological polar surface area (TPSA) is 90.1 Å². The summed E-state index contributed by atoms with van der Waals surface area (Å²) in [5, 5.41) is 6.31. The maximum atomic E-state index is 13.3. The Balaban J connectivity index is 1.48. The SMILES string of the molecule is CCN1CCc2[nH]c(-c3ccnc(NC(=O)[C@@H](C)c4ccc(F)cc4)c3)c(Nc3ccccc3)c2C1=O. The average molecular weight is 498 g/mol. The molecule has 2 amide bonds. The molecule has 0 fully saturated rings. The largest absolute Gasteiger partial charge is 0.356 e. The van der Waals surface area contributed by atoms with Crippen LogP contribution in [0, 0.1) is 5.82 Å². The van der Waals surface area contributed by atoms with Gasteiger partial charge in [-0.3, -0.25) is 9.59 Å². The third kappa shape index (κ3) is 4.95. The molecule has 3 heterocycles. The van der Waals surface area contributed by atoms with Gasteiger partial charge in [-0.1, -0.05) is 30.3 Å². The van der Waals surface area contributed by atoms with Crippen LogP contribution in [-0.4, -0.2) is 39.8 Å². The molecule has 2 aromatic heterocycles. The highest BCUT2D eigenvalue weighted by Crippen LogP contribution is 2.38. The summed E-state index contributed by atoms with van der Waals surface area (Å²) in [5.41, 5.74) is 5.33. The summed E-state index contributed by atoms with van der Waals surface area (Å²) in [6.45, 7) is 5.04. The highest BCUT2D eigenvalue weighted by molar-refractivity contribution is 6.06. The number of anilines is 3. The fourth-order valence-electron chi connectivity index (χ4n) is 4.58. The minimum atomic E-state index is -0.489. The Kier molecular flexibility index (Phi) is 6.72. The third-order valence-electron chi connectivity index (χ3n) is 6.70. The third-order valence-corrected chi connectivity index (χ3v) is 6.70. The van der Waals surface area contributed by atoms with Crippen LogP contribution in [0.3, 0.4) is 0 Å². The number of aromatic nitrogens is 2. The number of fused-ring (bicyclic) bond motifs is 1. The van der Waals surface area contributed by atoms with Gasteiger partial charge in [-0.15, -0.1) is 0 Å². The van der Waals surface area contributed by atoms with E-state index in [0.29, 0.717) is 35.7 Å². The summed E-state index contributed by atoms with van der Waals surface area (Å²) in [6.07, 6.45) is 2.35. The van der Waals surface area contributed by atoms with Crippen LogP contribution >= 0.6 is 0 Å². The lowest BCUT2D eigenvalue weighted by Crippen LogP contribution is -2.37. The molecule has 0 unspecified atom stereocenters. The number of pyridine rings is 1. The molecular formula is C29H28FN5O2. The Morgan fingerprint density at radius 3 is 2.62 bits per heavy atom. The first-order valence-electron chi connectivity index (χ1n) is 12.3. The molecule has 3 N–H and O–H groups in total. The molecule has 8 heteroatoms. The van der Waals surface area contributed by atoms with Gasteiger partial charge in [-0.2, -0.15) is 0 Å². The Bertz CT molecular complexity index is 1430. The number of para-hydroxylation sites is 1. The molecular weight excluding hydrogens is 469 g/mol. The number of nitrogens with one attached hydrogen (secondary N) is 3. The first kappa shape index (κ1) is 24.2. The van der Waals surface area contributed by atoms with Crippen LogP contribution in [-0.2, 0) is 11.2 Å². The van der Waals surface area contributed by atoms with Crippen molar-refractivity contribution in [3.8, 4) is 11.3 Å². The van der Waals surface area contributed by atoms with Crippen molar-refractivity contribution in [1.29, 1.82) is 0 Å². The van der Waals surface area contributed by atoms with Crippen LogP contribution < -0.4 is 10.6 Å². The van der Waals surface area contributed by atoms with Gasteiger partial charge < -0.3 is 20.5 Å². The summed E-state index contributed by atoms with van der Waals surface area (Å²) < 4.78 is 13.3. The highest BCUT2D eigenvalue weighted by atomic mass is 19.1. The number of likely N-dealkylation sites (N-methyl/N-ethyl adjacent to an activating group) is 1. The molecule has 0 aliphatic carbocycles. The zero-order valence-corrected chi connectivity index (χ0v) is 20.7. The van der Waals surface area contributed by atoms with Crippen molar-refractivity contribution in [3.63, 3.8) is 0 Å². The fraction of sp³-hybridized carbons (Fsp3) is 0.207. The number of nitrogens with zero attached hydrogens (tertiary/aromatic N) is 2. The minimum Gasteiger partial charge on any atom is -0.356 e. The van der Waals surface area contributed by atoms with Crippen molar-refractivity contribution in [3.05, 3.63) is 95.6 Å². The maximum Gasteiger partial charge on any atom is 0.257 e. The predicted octanol–water partition coefficient (Wildman–Crippen LogP) is 5.72. The number of halogens is 1. The molecule has 1 aliphatic rings. The van der Waals surface area contributed by atoms with Gasteiger partial charge in [-0.05, 0) is 55.8 Å². The quantitative estimate of drug-likeness (QED) is 0.305. The lowest BCUT2D eigenvalue weighted by molar-refractivity contribution is -0.117. The Morgan fingerprint density at radius 2 is 1.89 bits per heavy atom. The second kappa shape index (κ2) is 10.3. The van der Waals surface area contributed by atoms with Crippen molar-refractivity contribution in [2.75, 3.05) is 23.7 Å². The second-order valence-electron chi connectivity index (χ2n) is 9.05. The van der Waals surface area contributed by atoms with Gasteiger partial charge in [0.1, 0.15) is 11.6 Å². The highest BCUT2D eigenvalue weighted by Gasteiger charge is 2.31. The smallest absolute Gasteiger partial charge is 0.257 e. The van der Waals surface area contributed by atoms with E-state index in [2.05, 4.69) is 20.6 Å². The van der Waals surface area contributed by atoms with E-state index < -0.39 is 5.92 Å². The van der Waals surface area contributed by atoms with Crippen LogP contribution in [0.25, 0.3) is 11.3 Å². The van der Waals surface area contributed by atoms with E-state index in [0.717, 1.165) is 29.1 Å². The number of hydrogen-bond acceptors (Lipinski definition) is 4. The molecule has 37 heavy (non-hydrogen) atoms. The van der Waals surface area contributed by atoms with Gasteiger partial charge >= 0.3 is 0 Å². The number of hydrogen-bond donors (Lipinski definition) is 3. The van der Waals surface area contributed by atoms with Crippen LogP contribution in [0.2, 0.25) is 0 Å². The van der Waals surface area contributed by atoms with Crippen LogP contribution in [0.15, 0.2) is 72.9 Å². The Labute approximate surface area is 214 Å². The summed E-state index contributed by atoms with van der Waals surface area (Å²) in [7, 11) is 0. The zero-order valence-electron chi connectivity index (χ0n) is 20.7. The molecule has 4 aromatic rings. The van der Waals surface area contributed by atoms with Crippen molar-refractivity contribution < 1.29 is 14.0 Å². The van der Waals surface area contributed by atoms with Crippen LogP contribution in [0.1, 0.15) is 41.4 Å². The normalized spacial score (nSPS) is 13.7. The Hall–Kier alpha value is -4.46. The van der Waals surface area contributed by atoms with Gasteiger partial charge in [0, 0.05) is 42.7 Å². The van der Waals surface area contributed by atoms with E-state index >= 15 is 0 Å². The van der Waals surface area contributed by atoms with E-state index in [4.69, 9.17) is 0 Å². The van der Waals surface area contributed by atoms with Crippen molar-refractivity contribution >= 4 is 29.0 Å². The van der Waals surface area contributed by atoms with Gasteiger partial charge in [0.2, 0.25) is 5.91 Å². The molecule has 1 aliphatic heterocycles. The molecule has 0 saturated heterocycles. The first-order chi connectivity index (χ1) is 17.9. The number of aromatic amines is 1. The number of carbonyl (C=O) groups is 2. The fourth-order valence-corrected chi connectivity index (χ4v) is 4.58. The lowest BCUT2D eigenvalue weighted by atomic mass is 10.0. The van der Waals surface area contributed by atoms with Gasteiger partial charge in [-0.25, -0.2) is 9.37 Å². The van der Waals surface area contributed by atoms with Crippen molar-refractivity contribution in [1.82, 2.24) is 14.9 Å². The van der Waals surface area contributed by atoms with E-state index in [-0.39, 0.29) is 17.6 Å². The van der Waals surface area contributed by atoms with Gasteiger partial charge in [0.05, 0.1) is 22.9 Å².